The van der Waals surface area contributed by atoms with Gasteiger partial charge in [0.05, 0.1) is 11.4 Å². The number of amides is 1. The van der Waals surface area contributed by atoms with Gasteiger partial charge in [-0.3, -0.25) is 9.59 Å². The van der Waals surface area contributed by atoms with Crippen molar-refractivity contribution in [1.82, 2.24) is 20.0 Å². The van der Waals surface area contributed by atoms with Gasteiger partial charge in [-0.15, -0.1) is 0 Å². The highest BCUT2D eigenvalue weighted by Gasteiger charge is 2.27. The molecular weight excluding hydrogens is 292 g/mol. The summed E-state index contributed by atoms with van der Waals surface area (Å²) in [5.41, 5.74) is 0.211. The standard InChI is InChI=1S/C17H22N4O2/c1-11(2)21-16(22)14-7-5-4-6-13(14)15(19-21)17(23)20-9-8-18-10-12(20)3/h4-7,11-12,18H,8-10H2,1-3H3/t12-/m1/s1. The van der Waals surface area contributed by atoms with Gasteiger partial charge in [0.25, 0.3) is 11.5 Å². The van der Waals surface area contributed by atoms with Crippen LogP contribution < -0.4 is 10.9 Å². The van der Waals surface area contributed by atoms with Crippen molar-refractivity contribution in [2.45, 2.75) is 32.9 Å². The molecule has 0 aliphatic carbocycles. The van der Waals surface area contributed by atoms with E-state index in [0.717, 1.165) is 13.1 Å². The van der Waals surface area contributed by atoms with Crippen molar-refractivity contribution in [2.24, 2.45) is 0 Å². The third kappa shape index (κ3) is 2.74. The van der Waals surface area contributed by atoms with Crippen LogP contribution in [0.1, 0.15) is 37.3 Å². The minimum absolute atomic E-state index is 0.0981. The summed E-state index contributed by atoms with van der Waals surface area (Å²) in [6.07, 6.45) is 0. The van der Waals surface area contributed by atoms with Crippen LogP contribution in [0.3, 0.4) is 0 Å². The molecular formula is C17H22N4O2. The van der Waals surface area contributed by atoms with Crippen molar-refractivity contribution in [3.8, 4) is 0 Å². The Balaban J connectivity index is 2.18. The van der Waals surface area contributed by atoms with Crippen LogP contribution in [-0.2, 0) is 0 Å². The molecule has 1 saturated heterocycles. The number of nitrogens with zero attached hydrogens (tertiary/aromatic N) is 3. The smallest absolute Gasteiger partial charge is 0.275 e. The number of carbonyl (C=O) groups is 1. The zero-order chi connectivity index (χ0) is 16.6. The Morgan fingerprint density at radius 1 is 1.30 bits per heavy atom. The number of hydrogen-bond acceptors (Lipinski definition) is 4. The van der Waals surface area contributed by atoms with E-state index in [2.05, 4.69) is 10.4 Å². The van der Waals surface area contributed by atoms with Crippen LogP contribution in [0.25, 0.3) is 10.8 Å². The minimum Gasteiger partial charge on any atom is -0.332 e. The Hall–Kier alpha value is -2.21. The van der Waals surface area contributed by atoms with Crippen molar-refractivity contribution < 1.29 is 4.79 Å². The van der Waals surface area contributed by atoms with E-state index < -0.39 is 0 Å². The number of rotatable bonds is 2. The topological polar surface area (TPSA) is 67.2 Å². The lowest BCUT2D eigenvalue weighted by atomic mass is 10.1. The maximum absolute atomic E-state index is 13.0. The SMILES string of the molecule is CC(C)n1nc(C(=O)N2CCNC[C@H]2C)c2ccccc2c1=O. The van der Waals surface area contributed by atoms with Crippen LogP contribution in [0.2, 0.25) is 0 Å². The molecule has 1 aromatic heterocycles. The van der Waals surface area contributed by atoms with Crippen molar-refractivity contribution >= 4 is 16.7 Å². The Labute approximate surface area is 135 Å². The summed E-state index contributed by atoms with van der Waals surface area (Å²) >= 11 is 0. The highest BCUT2D eigenvalue weighted by Crippen LogP contribution is 2.18. The van der Waals surface area contributed by atoms with E-state index in [1.807, 2.05) is 37.8 Å². The number of carbonyl (C=O) groups excluding carboxylic acids is 1. The zero-order valence-corrected chi connectivity index (χ0v) is 13.7. The van der Waals surface area contributed by atoms with E-state index in [4.69, 9.17) is 0 Å². The monoisotopic (exact) mass is 314 g/mol. The number of benzene rings is 1. The van der Waals surface area contributed by atoms with E-state index in [1.165, 1.54) is 4.68 Å². The Morgan fingerprint density at radius 2 is 2.00 bits per heavy atom. The third-order valence-electron chi connectivity index (χ3n) is 4.28. The second-order valence-corrected chi connectivity index (χ2v) is 6.29. The van der Waals surface area contributed by atoms with Crippen molar-refractivity contribution in [2.75, 3.05) is 19.6 Å². The normalized spacial score (nSPS) is 18.6. The van der Waals surface area contributed by atoms with E-state index in [1.54, 1.807) is 12.1 Å². The van der Waals surface area contributed by atoms with Crippen LogP contribution >= 0.6 is 0 Å². The second-order valence-electron chi connectivity index (χ2n) is 6.29. The summed E-state index contributed by atoms with van der Waals surface area (Å²) in [6.45, 7) is 8.00. The number of piperazine rings is 1. The molecule has 1 atom stereocenters. The van der Waals surface area contributed by atoms with Crippen LogP contribution in [0.4, 0.5) is 0 Å². The molecule has 1 aliphatic heterocycles. The molecule has 1 aliphatic rings. The van der Waals surface area contributed by atoms with E-state index in [0.29, 0.717) is 23.0 Å². The van der Waals surface area contributed by atoms with Gasteiger partial charge in [-0.2, -0.15) is 5.10 Å². The zero-order valence-electron chi connectivity index (χ0n) is 13.7. The van der Waals surface area contributed by atoms with E-state index >= 15 is 0 Å². The predicted octanol–water partition coefficient (Wildman–Crippen LogP) is 1.41. The highest BCUT2D eigenvalue weighted by atomic mass is 16.2. The fourth-order valence-electron chi connectivity index (χ4n) is 2.99. The van der Waals surface area contributed by atoms with E-state index in [9.17, 15) is 9.59 Å². The molecule has 1 fully saturated rings. The fourth-order valence-corrected chi connectivity index (χ4v) is 2.99. The van der Waals surface area contributed by atoms with Crippen molar-refractivity contribution in [3.05, 3.63) is 40.3 Å². The van der Waals surface area contributed by atoms with Crippen molar-refractivity contribution in [1.29, 1.82) is 0 Å². The lowest BCUT2D eigenvalue weighted by Crippen LogP contribution is -2.52. The number of aromatic nitrogens is 2. The second kappa shape index (κ2) is 6.12. The van der Waals surface area contributed by atoms with Gasteiger partial charge < -0.3 is 10.2 Å². The molecule has 6 nitrogen and oxygen atoms in total. The van der Waals surface area contributed by atoms with Gasteiger partial charge in [-0.05, 0) is 26.8 Å². The first-order valence-electron chi connectivity index (χ1n) is 8.04. The molecule has 3 rings (SSSR count). The molecule has 6 heteroatoms. The molecule has 0 bridgehead atoms. The average molecular weight is 314 g/mol. The van der Waals surface area contributed by atoms with E-state index in [-0.39, 0.29) is 23.6 Å². The average Bonchev–Trinajstić information content (AvgIpc) is 2.55. The van der Waals surface area contributed by atoms with Gasteiger partial charge in [0.15, 0.2) is 5.69 Å². The largest absolute Gasteiger partial charge is 0.332 e. The van der Waals surface area contributed by atoms with Gasteiger partial charge in [-0.25, -0.2) is 4.68 Å². The van der Waals surface area contributed by atoms with Crippen LogP contribution in [0, 0.1) is 0 Å². The van der Waals surface area contributed by atoms with Crippen LogP contribution in [0.15, 0.2) is 29.1 Å². The molecule has 0 unspecified atom stereocenters. The minimum atomic E-state index is -0.152. The highest BCUT2D eigenvalue weighted by molar-refractivity contribution is 6.04. The fraction of sp³-hybridized carbons (Fsp3) is 0.471. The molecule has 1 amide bonds. The Kier molecular flexibility index (Phi) is 4.17. The van der Waals surface area contributed by atoms with Gasteiger partial charge in [0.2, 0.25) is 0 Å². The number of nitrogens with one attached hydrogen (secondary N) is 1. The third-order valence-corrected chi connectivity index (χ3v) is 4.28. The summed E-state index contributed by atoms with van der Waals surface area (Å²) in [7, 11) is 0. The van der Waals surface area contributed by atoms with Gasteiger partial charge in [-0.1, -0.05) is 18.2 Å². The number of hydrogen-bond donors (Lipinski definition) is 1. The molecule has 0 spiro atoms. The molecule has 1 N–H and O–H groups in total. The summed E-state index contributed by atoms with van der Waals surface area (Å²) in [4.78, 5) is 27.4. The summed E-state index contributed by atoms with van der Waals surface area (Å²) in [5, 5.41) is 8.85. The molecule has 2 aromatic rings. The Morgan fingerprint density at radius 3 is 2.65 bits per heavy atom. The molecule has 122 valence electrons. The molecule has 0 saturated carbocycles. The van der Waals surface area contributed by atoms with Crippen molar-refractivity contribution in [3.63, 3.8) is 0 Å². The first-order valence-corrected chi connectivity index (χ1v) is 8.04. The lowest BCUT2D eigenvalue weighted by molar-refractivity contribution is 0.0649. The van der Waals surface area contributed by atoms with Crippen LogP contribution in [0.5, 0.6) is 0 Å². The number of fused-ring (bicyclic) bond motifs is 1. The molecule has 2 heterocycles. The summed E-state index contributed by atoms with van der Waals surface area (Å²) < 4.78 is 1.41. The van der Waals surface area contributed by atoms with Gasteiger partial charge in [0.1, 0.15) is 0 Å². The Bertz CT molecular complexity index is 797. The first kappa shape index (κ1) is 15.7. The van der Waals surface area contributed by atoms with Crippen LogP contribution in [-0.4, -0.2) is 46.3 Å². The lowest BCUT2D eigenvalue weighted by Gasteiger charge is -2.34. The van der Waals surface area contributed by atoms with Gasteiger partial charge in [0, 0.05) is 31.1 Å². The molecule has 23 heavy (non-hydrogen) atoms. The summed E-state index contributed by atoms with van der Waals surface area (Å²) in [6, 6.07) is 7.22. The maximum atomic E-state index is 13.0. The van der Waals surface area contributed by atoms with Gasteiger partial charge >= 0.3 is 0 Å². The molecule has 0 radical (unpaired) electrons. The quantitative estimate of drug-likeness (QED) is 0.910. The molecule has 1 aromatic carbocycles. The summed E-state index contributed by atoms with van der Waals surface area (Å²) in [5.74, 6) is -0.107. The maximum Gasteiger partial charge on any atom is 0.275 e. The predicted molar refractivity (Wildman–Crippen MR) is 89.8 cm³/mol. The first-order chi connectivity index (χ1) is 11.0.